The molecule has 0 saturated carbocycles. The molecular weight excluding hydrogens is 270 g/mol. The molecule has 0 bridgehead atoms. The van der Waals surface area contributed by atoms with E-state index in [2.05, 4.69) is 39.1 Å². The number of benzene rings is 1. The van der Waals surface area contributed by atoms with Gasteiger partial charge in [0.05, 0.1) is 6.61 Å². The Hall–Kier alpha value is -0.730. The number of ether oxygens (including phenoxy) is 1. The zero-order chi connectivity index (χ0) is 14.7. The van der Waals surface area contributed by atoms with Crippen LogP contribution < -0.4 is 10.1 Å². The molecule has 0 spiro atoms. The fourth-order valence-corrected chi connectivity index (χ4v) is 3.04. The SMILES string of the molecule is CCCNC(c1cc(Cl)cc2c1OCC2)C(C)C(C)C. The van der Waals surface area contributed by atoms with Crippen molar-refractivity contribution in [3.05, 3.63) is 28.3 Å². The van der Waals surface area contributed by atoms with Crippen LogP contribution in [0.5, 0.6) is 5.75 Å². The number of nitrogens with one attached hydrogen (secondary N) is 1. The van der Waals surface area contributed by atoms with Crippen LogP contribution in [0.25, 0.3) is 0 Å². The van der Waals surface area contributed by atoms with Gasteiger partial charge in [-0.1, -0.05) is 39.3 Å². The quantitative estimate of drug-likeness (QED) is 0.827. The van der Waals surface area contributed by atoms with Crippen molar-refractivity contribution in [1.82, 2.24) is 5.32 Å². The summed E-state index contributed by atoms with van der Waals surface area (Å²) in [6.07, 6.45) is 2.10. The van der Waals surface area contributed by atoms with E-state index < -0.39 is 0 Å². The molecule has 2 nitrogen and oxygen atoms in total. The summed E-state index contributed by atoms with van der Waals surface area (Å²) in [5, 5.41) is 4.51. The zero-order valence-electron chi connectivity index (χ0n) is 13.0. The Morgan fingerprint density at radius 3 is 2.70 bits per heavy atom. The summed E-state index contributed by atoms with van der Waals surface area (Å²) < 4.78 is 5.88. The number of halogens is 1. The number of hydrogen-bond acceptors (Lipinski definition) is 2. The third-order valence-corrected chi connectivity index (χ3v) is 4.52. The maximum absolute atomic E-state index is 6.31. The molecule has 3 heteroatoms. The molecule has 2 rings (SSSR count). The minimum Gasteiger partial charge on any atom is -0.493 e. The smallest absolute Gasteiger partial charge is 0.127 e. The minimum atomic E-state index is 0.306. The second-order valence-corrected chi connectivity index (χ2v) is 6.55. The van der Waals surface area contributed by atoms with Gasteiger partial charge in [-0.2, -0.15) is 0 Å². The third kappa shape index (κ3) is 3.29. The average molecular weight is 296 g/mol. The second-order valence-electron chi connectivity index (χ2n) is 6.12. The first kappa shape index (κ1) is 15.7. The molecule has 1 aliphatic heterocycles. The van der Waals surface area contributed by atoms with Crippen LogP contribution in [-0.2, 0) is 6.42 Å². The van der Waals surface area contributed by atoms with Gasteiger partial charge in [-0.05, 0) is 42.5 Å². The molecule has 0 saturated heterocycles. The standard InChI is InChI=1S/C17H26ClNO/c1-5-7-19-16(12(4)11(2)3)15-10-14(18)9-13-6-8-20-17(13)15/h9-12,16,19H,5-8H2,1-4H3. The van der Waals surface area contributed by atoms with Crippen LogP contribution in [0.3, 0.4) is 0 Å². The highest BCUT2D eigenvalue weighted by Crippen LogP contribution is 2.40. The zero-order valence-corrected chi connectivity index (χ0v) is 13.8. The van der Waals surface area contributed by atoms with Crippen molar-refractivity contribution >= 4 is 11.6 Å². The summed E-state index contributed by atoms with van der Waals surface area (Å²) >= 11 is 6.31. The van der Waals surface area contributed by atoms with E-state index in [1.807, 2.05) is 6.07 Å². The molecule has 2 unspecified atom stereocenters. The van der Waals surface area contributed by atoms with Crippen molar-refractivity contribution in [3.63, 3.8) is 0 Å². The van der Waals surface area contributed by atoms with E-state index in [1.165, 1.54) is 11.1 Å². The van der Waals surface area contributed by atoms with Crippen LogP contribution >= 0.6 is 11.6 Å². The monoisotopic (exact) mass is 295 g/mol. The van der Waals surface area contributed by atoms with Crippen molar-refractivity contribution in [2.75, 3.05) is 13.2 Å². The predicted octanol–water partition coefficient (Wildman–Crippen LogP) is 4.61. The van der Waals surface area contributed by atoms with Gasteiger partial charge in [0.1, 0.15) is 5.75 Å². The van der Waals surface area contributed by atoms with Crippen molar-refractivity contribution in [3.8, 4) is 5.75 Å². The summed E-state index contributed by atoms with van der Waals surface area (Å²) in [5.74, 6) is 2.21. The lowest BCUT2D eigenvalue weighted by molar-refractivity contribution is 0.290. The highest BCUT2D eigenvalue weighted by Gasteiger charge is 2.28. The number of rotatable bonds is 6. The van der Waals surface area contributed by atoms with Gasteiger partial charge in [-0.25, -0.2) is 0 Å². The Bertz CT molecular complexity index is 459. The number of hydrogen-bond donors (Lipinski definition) is 1. The Labute approximate surface area is 127 Å². The summed E-state index contributed by atoms with van der Waals surface area (Å²) in [5.41, 5.74) is 2.49. The molecule has 0 amide bonds. The maximum atomic E-state index is 6.31. The Morgan fingerprint density at radius 1 is 1.30 bits per heavy atom. The van der Waals surface area contributed by atoms with Crippen molar-refractivity contribution < 1.29 is 4.74 Å². The lowest BCUT2D eigenvalue weighted by atomic mass is 9.85. The lowest BCUT2D eigenvalue weighted by Gasteiger charge is -2.30. The van der Waals surface area contributed by atoms with E-state index in [0.29, 0.717) is 17.9 Å². The van der Waals surface area contributed by atoms with Crippen LogP contribution in [0.1, 0.15) is 51.3 Å². The van der Waals surface area contributed by atoms with E-state index in [4.69, 9.17) is 16.3 Å². The molecule has 2 atom stereocenters. The molecule has 1 N–H and O–H groups in total. The molecule has 1 aliphatic rings. The molecule has 20 heavy (non-hydrogen) atoms. The van der Waals surface area contributed by atoms with Crippen LogP contribution in [0.2, 0.25) is 5.02 Å². The van der Waals surface area contributed by atoms with Crippen molar-refractivity contribution in [2.45, 2.75) is 46.6 Å². The maximum Gasteiger partial charge on any atom is 0.127 e. The van der Waals surface area contributed by atoms with Gasteiger partial charge in [0.15, 0.2) is 0 Å². The Kier molecular flexibility index (Phi) is 5.34. The minimum absolute atomic E-state index is 0.306. The summed E-state index contributed by atoms with van der Waals surface area (Å²) in [4.78, 5) is 0. The average Bonchev–Trinajstić information content (AvgIpc) is 2.86. The summed E-state index contributed by atoms with van der Waals surface area (Å²) in [7, 11) is 0. The van der Waals surface area contributed by atoms with E-state index in [9.17, 15) is 0 Å². The highest BCUT2D eigenvalue weighted by molar-refractivity contribution is 6.30. The lowest BCUT2D eigenvalue weighted by Crippen LogP contribution is -2.30. The first-order valence-corrected chi connectivity index (χ1v) is 8.10. The molecule has 1 heterocycles. The van der Waals surface area contributed by atoms with Crippen molar-refractivity contribution in [1.29, 1.82) is 0 Å². The molecule has 0 fully saturated rings. The van der Waals surface area contributed by atoms with Crippen LogP contribution in [-0.4, -0.2) is 13.2 Å². The largest absolute Gasteiger partial charge is 0.493 e. The first-order valence-electron chi connectivity index (χ1n) is 7.73. The topological polar surface area (TPSA) is 21.3 Å². The van der Waals surface area contributed by atoms with Gasteiger partial charge in [0.25, 0.3) is 0 Å². The van der Waals surface area contributed by atoms with Gasteiger partial charge in [-0.3, -0.25) is 0 Å². The molecular formula is C17H26ClNO. The number of fused-ring (bicyclic) bond motifs is 1. The van der Waals surface area contributed by atoms with Gasteiger partial charge in [0.2, 0.25) is 0 Å². The summed E-state index contributed by atoms with van der Waals surface area (Å²) in [6.45, 7) is 10.8. The first-order chi connectivity index (χ1) is 9.54. The van der Waals surface area contributed by atoms with E-state index in [-0.39, 0.29) is 0 Å². The second kappa shape index (κ2) is 6.82. The highest BCUT2D eigenvalue weighted by atomic mass is 35.5. The van der Waals surface area contributed by atoms with E-state index in [1.54, 1.807) is 0 Å². The van der Waals surface area contributed by atoms with Crippen LogP contribution in [0.4, 0.5) is 0 Å². The van der Waals surface area contributed by atoms with Crippen LogP contribution in [0, 0.1) is 11.8 Å². The van der Waals surface area contributed by atoms with Gasteiger partial charge < -0.3 is 10.1 Å². The molecule has 112 valence electrons. The predicted molar refractivity (Wildman–Crippen MR) is 85.7 cm³/mol. The van der Waals surface area contributed by atoms with E-state index in [0.717, 1.165) is 36.8 Å². The van der Waals surface area contributed by atoms with E-state index >= 15 is 0 Å². The Balaban J connectivity index is 2.37. The molecule has 0 aliphatic carbocycles. The summed E-state index contributed by atoms with van der Waals surface area (Å²) in [6, 6.07) is 4.43. The third-order valence-electron chi connectivity index (χ3n) is 4.30. The normalized spacial score (nSPS) is 16.9. The molecule has 1 aromatic rings. The van der Waals surface area contributed by atoms with Gasteiger partial charge in [-0.15, -0.1) is 0 Å². The fraction of sp³-hybridized carbons (Fsp3) is 0.647. The molecule has 0 aromatic heterocycles. The fourth-order valence-electron chi connectivity index (χ4n) is 2.79. The van der Waals surface area contributed by atoms with Gasteiger partial charge >= 0.3 is 0 Å². The van der Waals surface area contributed by atoms with Crippen LogP contribution in [0.15, 0.2) is 12.1 Å². The Morgan fingerprint density at radius 2 is 2.05 bits per heavy atom. The van der Waals surface area contributed by atoms with Gasteiger partial charge in [0, 0.05) is 23.0 Å². The van der Waals surface area contributed by atoms with Crippen molar-refractivity contribution in [2.24, 2.45) is 11.8 Å². The molecule has 0 radical (unpaired) electrons. The molecule has 1 aromatic carbocycles.